The van der Waals surface area contributed by atoms with Gasteiger partial charge in [0, 0.05) is 35.2 Å². The van der Waals surface area contributed by atoms with Crippen molar-refractivity contribution in [3.63, 3.8) is 0 Å². The molecule has 0 spiro atoms. The minimum atomic E-state index is -4.54. The summed E-state index contributed by atoms with van der Waals surface area (Å²) in [6.45, 7) is 1.21. The molecule has 6 nitrogen and oxygen atoms in total. The third-order valence-corrected chi connectivity index (χ3v) is 7.60. The first-order valence-electron chi connectivity index (χ1n) is 12.0. The first-order valence-corrected chi connectivity index (χ1v) is 12.8. The largest absolute Gasteiger partial charge is 0.416 e. The second kappa shape index (κ2) is 10.9. The van der Waals surface area contributed by atoms with Crippen LogP contribution in [0.2, 0.25) is 0 Å². The summed E-state index contributed by atoms with van der Waals surface area (Å²) < 4.78 is 39.5. The lowest BCUT2D eigenvalue weighted by atomic mass is 9.77. The van der Waals surface area contributed by atoms with E-state index in [4.69, 9.17) is 0 Å². The normalized spacial score (nSPS) is 24.9. The lowest BCUT2D eigenvalue weighted by Gasteiger charge is -2.40. The van der Waals surface area contributed by atoms with E-state index in [0.717, 1.165) is 54.0 Å². The fraction of sp³-hybridized carbons (Fsp3) is 0.462. The third kappa shape index (κ3) is 6.46. The van der Waals surface area contributed by atoms with Gasteiger partial charge in [-0.25, -0.2) is 0 Å². The third-order valence-electron chi connectivity index (χ3n) is 7.11. The number of alkyl halides is 3. The van der Waals surface area contributed by atoms with Crippen LogP contribution in [-0.2, 0) is 16.6 Å². The number of hydrogen-bond donors (Lipinski definition) is 3. The molecule has 2 aromatic carbocycles. The molecular formula is C26H29BrF3N3O3. The van der Waals surface area contributed by atoms with Crippen molar-refractivity contribution < 1.29 is 27.9 Å². The fourth-order valence-corrected chi connectivity index (χ4v) is 5.53. The summed E-state index contributed by atoms with van der Waals surface area (Å²) in [5.41, 5.74) is -0.965. The minimum absolute atomic E-state index is 0.0613. The summed E-state index contributed by atoms with van der Waals surface area (Å²) >= 11 is 3.47. The molecule has 1 heterocycles. The van der Waals surface area contributed by atoms with Gasteiger partial charge in [0.1, 0.15) is 0 Å². The highest BCUT2D eigenvalue weighted by atomic mass is 79.9. The Balaban J connectivity index is 1.22. The van der Waals surface area contributed by atoms with Crippen LogP contribution in [0, 0.1) is 0 Å². The summed E-state index contributed by atoms with van der Waals surface area (Å²) in [7, 11) is 0. The highest BCUT2D eigenvalue weighted by Crippen LogP contribution is 2.40. The lowest BCUT2D eigenvalue weighted by Crippen LogP contribution is -2.45. The van der Waals surface area contributed by atoms with Gasteiger partial charge in [-0.15, -0.1) is 0 Å². The molecule has 4 rings (SSSR count). The van der Waals surface area contributed by atoms with Gasteiger partial charge in [-0.05, 0) is 68.0 Å². The van der Waals surface area contributed by atoms with E-state index in [1.807, 2.05) is 24.3 Å². The van der Waals surface area contributed by atoms with E-state index >= 15 is 0 Å². The Bertz CT molecular complexity index is 1100. The highest BCUT2D eigenvalue weighted by molar-refractivity contribution is 9.10. The van der Waals surface area contributed by atoms with Crippen molar-refractivity contribution in [3.05, 3.63) is 69.7 Å². The zero-order valence-corrected chi connectivity index (χ0v) is 21.2. The molecule has 194 valence electrons. The molecule has 2 amide bonds. The second-order valence-corrected chi connectivity index (χ2v) is 10.5. The maximum Gasteiger partial charge on any atom is 0.416 e. The van der Waals surface area contributed by atoms with Crippen molar-refractivity contribution in [3.8, 4) is 0 Å². The van der Waals surface area contributed by atoms with Crippen molar-refractivity contribution in [1.29, 1.82) is 0 Å². The predicted molar refractivity (Wildman–Crippen MR) is 132 cm³/mol. The van der Waals surface area contributed by atoms with Gasteiger partial charge < -0.3 is 15.7 Å². The SMILES string of the molecule is O=C(CNC(=O)c1cccc(C(F)(F)F)c1)NC1CCN(C2CCC(O)(c3cccc(Br)c3)CC2)C1. The average Bonchev–Trinajstić information content (AvgIpc) is 3.31. The maximum absolute atomic E-state index is 12.9. The Morgan fingerprint density at radius 1 is 1.08 bits per heavy atom. The average molecular weight is 568 g/mol. The van der Waals surface area contributed by atoms with Gasteiger partial charge in [0.05, 0.1) is 17.7 Å². The molecule has 10 heteroatoms. The van der Waals surface area contributed by atoms with Crippen LogP contribution in [0.5, 0.6) is 0 Å². The zero-order chi connectivity index (χ0) is 25.9. The van der Waals surface area contributed by atoms with E-state index in [9.17, 15) is 27.9 Å². The van der Waals surface area contributed by atoms with E-state index in [1.165, 1.54) is 6.07 Å². The Morgan fingerprint density at radius 2 is 1.81 bits per heavy atom. The number of hydrogen-bond acceptors (Lipinski definition) is 4. The summed E-state index contributed by atoms with van der Waals surface area (Å²) in [6, 6.07) is 12.2. The van der Waals surface area contributed by atoms with Crippen LogP contribution in [0.25, 0.3) is 0 Å². The summed E-state index contributed by atoms with van der Waals surface area (Å²) in [5, 5.41) is 16.5. The topological polar surface area (TPSA) is 81.7 Å². The van der Waals surface area contributed by atoms with Gasteiger partial charge >= 0.3 is 6.18 Å². The number of aliphatic hydroxyl groups is 1. The molecule has 0 bridgehead atoms. The van der Waals surface area contributed by atoms with Crippen molar-refractivity contribution in [2.24, 2.45) is 0 Å². The van der Waals surface area contributed by atoms with Crippen molar-refractivity contribution in [2.75, 3.05) is 19.6 Å². The van der Waals surface area contributed by atoms with Gasteiger partial charge in [-0.1, -0.05) is 34.1 Å². The standard InChI is InChI=1S/C26H29BrF3N3O3/c27-20-6-2-4-18(14-20)25(36)10-7-22(8-11-25)33-12-9-21(16-33)32-23(34)15-31-24(35)17-3-1-5-19(13-17)26(28,29)30/h1-6,13-14,21-22,36H,7-12,15-16H2,(H,31,35)(H,32,34). The molecule has 1 unspecified atom stereocenters. The summed E-state index contributed by atoms with van der Waals surface area (Å²) in [4.78, 5) is 26.9. The number of benzene rings is 2. The van der Waals surface area contributed by atoms with Crippen LogP contribution in [0.15, 0.2) is 53.0 Å². The first-order chi connectivity index (χ1) is 17.0. The van der Waals surface area contributed by atoms with Gasteiger partial charge in [0.2, 0.25) is 5.91 Å². The quantitative estimate of drug-likeness (QED) is 0.488. The number of likely N-dealkylation sites (tertiary alicyclic amines) is 1. The number of carbonyl (C=O) groups is 2. The van der Waals surface area contributed by atoms with Gasteiger partial charge in [0.15, 0.2) is 0 Å². The highest BCUT2D eigenvalue weighted by Gasteiger charge is 2.38. The number of amides is 2. The maximum atomic E-state index is 12.9. The van der Waals surface area contributed by atoms with E-state index < -0.39 is 23.2 Å². The van der Waals surface area contributed by atoms with Crippen LogP contribution in [0.4, 0.5) is 13.2 Å². The first kappa shape index (κ1) is 26.6. The second-order valence-electron chi connectivity index (χ2n) is 9.58. The molecule has 3 N–H and O–H groups in total. The number of nitrogens with zero attached hydrogens (tertiary/aromatic N) is 1. The Morgan fingerprint density at radius 3 is 2.50 bits per heavy atom. The van der Waals surface area contributed by atoms with Crippen LogP contribution >= 0.6 is 15.9 Å². The lowest BCUT2D eigenvalue weighted by molar-refractivity contribution is -0.137. The van der Waals surface area contributed by atoms with Crippen LogP contribution in [0.1, 0.15) is 53.6 Å². The monoisotopic (exact) mass is 567 g/mol. The van der Waals surface area contributed by atoms with Gasteiger partial charge in [-0.2, -0.15) is 13.2 Å². The van der Waals surface area contributed by atoms with E-state index in [-0.39, 0.29) is 24.1 Å². The molecule has 2 fully saturated rings. The summed E-state index contributed by atoms with van der Waals surface area (Å²) in [5.74, 6) is -1.11. The molecule has 1 saturated heterocycles. The molecule has 0 radical (unpaired) electrons. The number of nitrogens with one attached hydrogen (secondary N) is 2. The van der Waals surface area contributed by atoms with Gasteiger partial charge in [0.25, 0.3) is 5.91 Å². The number of halogens is 4. The van der Waals surface area contributed by atoms with Crippen molar-refractivity contribution in [2.45, 2.75) is 56.0 Å². The zero-order valence-electron chi connectivity index (χ0n) is 19.7. The molecule has 36 heavy (non-hydrogen) atoms. The van der Waals surface area contributed by atoms with Gasteiger partial charge in [-0.3, -0.25) is 14.5 Å². The van der Waals surface area contributed by atoms with Crippen LogP contribution in [-0.4, -0.2) is 53.5 Å². The van der Waals surface area contributed by atoms with E-state index in [0.29, 0.717) is 25.4 Å². The number of rotatable bonds is 6. The van der Waals surface area contributed by atoms with E-state index in [2.05, 4.69) is 31.5 Å². The predicted octanol–water partition coefficient (Wildman–Crippen LogP) is 4.22. The van der Waals surface area contributed by atoms with Crippen molar-refractivity contribution >= 4 is 27.7 Å². The van der Waals surface area contributed by atoms with Crippen LogP contribution < -0.4 is 10.6 Å². The molecule has 1 saturated carbocycles. The Hall–Kier alpha value is -2.43. The molecule has 2 aromatic rings. The Kier molecular flexibility index (Phi) is 8.06. The molecule has 0 aromatic heterocycles. The fourth-order valence-electron chi connectivity index (χ4n) is 5.13. The molecule has 2 aliphatic rings. The molecule has 1 aliphatic carbocycles. The molecule has 1 aliphatic heterocycles. The molecular weight excluding hydrogens is 539 g/mol. The smallest absolute Gasteiger partial charge is 0.385 e. The van der Waals surface area contributed by atoms with Crippen molar-refractivity contribution in [1.82, 2.24) is 15.5 Å². The summed E-state index contributed by atoms with van der Waals surface area (Å²) in [6.07, 6.45) is -0.711. The Labute approximate surface area is 216 Å². The van der Waals surface area contributed by atoms with Crippen LogP contribution in [0.3, 0.4) is 0 Å². The minimum Gasteiger partial charge on any atom is -0.385 e. The molecule has 1 atom stereocenters. The van der Waals surface area contributed by atoms with E-state index in [1.54, 1.807) is 0 Å². The number of carbonyl (C=O) groups excluding carboxylic acids is 2.